The molecule has 0 radical (unpaired) electrons. The number of aromatic nitrogens is 3. The van der Waals surface area contributed by atoms with Crippen LogP contribution < -0.4 is 11.1 Å². The second-order valence-corrected chi connectivity index (χ2v) is 8.24. The number of carbonyl (C=O) groups excluding carboxylic acids is 1. The Morgan fingerprint density at radius 3 is 2.65 bits per heavy atom. The van der Waals surface area contributed by atoms with E-state index in [1.807, 2.05) is 24.3 Å². The molecule has 0 aliphatic carbocycles. The van der Waals surface area contributed by atoms with E-state index < -0.39 is 0 Å². The molecule has 5 rings (SSSR count). The molecule has 3 N–H and O–H groups in total. The average molecular weight is 456 g/mol. The second kappa shape index (κ2) is 8.00. The molecule has 1 aliphatic rings. The summed E-state index contributed by atoms with van der Waals surface area (Å²) in [4.78, 5) is 22.6. The average Bonchev–Trinajstić information content (AvgIpc) is 3.38. The van der Waals surface area contributed by atoms with Crippen molar-refractivity contribution in [3.05, 3.63) is 58.1 Å². The molecular formula is C22H19Cl2N5O2. The number of nitrogens with one attached hydrogen (secondary N) is 1. The lowest BCUT2D eigenvalue weighted by Crippen LogP contribution is -2.32. The van der Waals surface area contributed by atoms with Gasteiger partial charge in [0.25, 0.3) is 5.91 Å². The van der Waals surface area contributed by atoms with E-state index >= 15 is 0 Å². The first-order chi connectivity index (χ1) is 15.0. The smallest absolute Gasteiger partial charge is 0.257 e. The van der Waals surface area contributed by atoms with Gasteiger partial charge in [-0.25, -0.2) is 9.97 Å². The van der Waals surface area contributed by atoms with Crippen LogP contribution >= 0.6 is 23.2 Å². The molecule has 0 spiro atoms. The van der Waals surface area contributed by atoms with Crippen molar-refractivity contribution in [1.82, 2.24) is 19.9 Å². The standard InChI is InChI=1S/C22H19Cl2N5O2/c23-14-8-7-12(10-15(14)24)29-20(25)18(22(30)26-11-13-4-3-9-31-13)19-21(29)28-17-6-2-1-5-16(17)27-19/h1-2,5-8,10,13H,3-4,9,11,25H2,(H,26,30)/t13-/m0/s1. The highest BCUT2D eigenvalue weighted by atomic mass is 35.5. The van der Waals surface area contributed by atoms with Crippen molar-refractivity contribution >= 4 is 57.1 Å². The van der Waals surface area contributed by atoms with Crippen LogP contribution in [0.25, 0.3) is 27.9 Å². The number of hydrogen-bond donors (Lipinski definition) is 2. The molecule has 158 valence electrons. The number of para-hydroxylation sites is 2. The Kier molecular flexibility index (Phi) is 5.17. The summed E-state index contributed by atoms with van der Waals surface area (Å²) >= 11 is 12.3. The maximum Gasteiger partial charge on any atom is 0.257 e. The molecule has 2 aromatic heterocycles. The lowest BCUT2D eigenvalue weighted by molar-refractivity contribution is 0.0859. The van der Waals surface area contributed by atoms with E-state index in [0.717, 1.165) is 19.4 Å². The highest BCUT2D eigenvalue weighted by Crippen LogP contribution is 2.33. The van der Waals surface area contributed by atoms with Gasteiger partial charge in [0.2, 0.25) is 0 Å². The molecular weight excluding hydrogens is 437 g/mol. The van der Waals surface area contributed by atoms with E-state index in [1.54, 1.807) is 22.8 Å². The zero-order chi connectivity index (χ0) is 21.5. The fraction of sp³-hybridized carbons (Fsp3) is 0.227. The number of amides is 1. The first-order valence-corrected chi connectivity index (χ1v) is 10.7. The largest absolute Gasteiger partial charge is 0.384 e. The van der Waals surface area contributed by atoms with E-state index in [-0.39, 0.29) is 23.4 Å². The third-order valence-electron chi connectivity index (χ3n) is 5.40. The van der Waals surface area contributed by atoms with Gasteiger partial charge >= 0.3 is 0 Å². The van der Waals surface area contributed by atoms with Crippen LogP contribution in [-0.4, -0.2) is 39.7 Å². The van der Waals surface area contributed by atoms with E-state index in [0.29, 0.717) is 44.5 Å². The van der Waals surface area contributed by atoms with Gasteiger partial charge in [0.15, 0.2) is 5.65 Å². The molecule has 31 heavy (non-hydrogen) atoms. The minimum Gasteiger partial charge on any atom is -0.384 e. The number of benzene rings is 2. The first kappa shape index (κ1) is 20.1. The van der Waals surface area contributed by atoms with Gasteiger partial charge in [-0.05, 0) is 43.2 Å². The molecule has 4 aromatic rings. The molecule has 9 heteroatoms. The van der Waals surface area contributed by atoms with Crippen molar-refractivity contribution in [3.8, 4) is 5.69 Å². The van der Waals surface area contributed by atoms with Crippen molar-refractivity contribution in [3.63, 3.8) is 0 Å². The fourth-order valence-electron chi connectivity index (χ4n) is 3.87. The van der Waals surface area contributed by atoms with Crippen LogP contribution in [0.4, 0.5) is 5.82 Å². The monoisotopic (exact) mass is 455 g/mol. The molecule has 1 aliphatic heterocycles. The Hall–Kier alpha value is -2.87. The third kappa shape index (κ3) is 3.59. The number of halogens is 2. The summed E-state index contributed by atoms with van der Waals surface area (Å²) in [6.07, 6.45) is 1.93. The number of nitrogens with zero attached hydrogens (tertiary/aromatic N) is 3. The van der Waals surface area contributed by atoms with E-state index in [9.17, 15) is 4.79 Å². The summed E-state index contributed by atoms with van der Waals surface area (Å²) in [6.45, 7) is 1.13. The third-order valence-corrected chi connectivity index (χ3v) is 6.14. The van der Waals surface area contributed by atoms with Crippen LogP contribution in [0.15, 0.2) is 42.5 Å². The number of fused-ring (bicyclic) bond motifs is 2. The Labute approximate surface area is 188 Å². The Bertz CT molecular complexity index is 1310. The highest BCUT2D eigenvalue weighted by Gasteiger charge is 2.26. The lowest BCUT2D eigenvalue weighted by Gasteiger charge is -2.11. The minimum absolute atomic E-state index is 0.0144. The molecule has 2 aromatic carbocycles. The van der Waals surface area contributed by atoms with Crippen LogP contribution in [0.3, 0.4) is 0 Å². The topological polar surface area (TPSA) is 95.1 Å². The molecule has 1 amide bonds. The van der Waals surface area contributed by atoms with Gasteiger partial charge in [-0.3, -0.25) is 9.36 Å². The van der Waals surface area contributed by atoms with Gasteiger partial charge in [-0.15, -0.1) is 0 Å². The summed E-state index contributed by atoms with van der Waals surface area (Å²) in [5.41, 5.74) is 9.67. The predicted octanol–water partition coefficient (Wildman–Crippen LogP) is 4.37. The molecule has 7 nitrogen and oxygen atoms in total. The highest BCUT2D eigenvalue weighted by molar-refractivity contribution is 6.42. The van der Waals surface area contributed by atoms with E-state index in [4.69, 9.17) is 43.6 Å². The van der Waals surface area contributed by atoms with Crippen LogP contribution in [0.2, 0.25) is 10.0 Å². The van der Waals surface area contributed by atoms with Crippen LogP contribution in [0.1, 0.15) is 23.2 Å². The van der Waals surface area contributed by atoms with Crippen molar-refractivity contribution in [2.75, 3.05) is 18.9 Å². The van der Waals surface area contributed by atoms with Gasteiger partial charge in [-0.2, -0.15) is 0 Å². The van der Waals surface area contributed by atoms with Crippen molar-refractivity contribution in [1.29, 1.82) is 0 Å². The Morgan fingerprint density at radius 1 is 1.16 bits per heavy atom. The summed E-state index contributed by atoms with van der Waals surface area (Å²) < 4.78 is 7.29. The zero-order valence-corrected chi connectivity index (χ0v) is 18.0. The summed E-state index contributed by atoms with van der Waals surface area (Å²) in [5, 5.41) is 3.73. The van der Waals surface area contributed by atoms with Crippen LogP contribution in [0, 0.1) is 0 Å². The SMILES string of the molecule is Nc1c(C(=O)NC[C@@H]2CCCO2)c2nc3ccccc3nc2n1-c1ccc(Cl)c(Cl)c1. The minimum atomic E-state index is -0.318. The van der Waals surface area contributed by atoms with E-state index in [1.165, 1.54) is 0 Å². The summed E-state index contributed by atoms with van der Waals surface area (Å²) in [7, 11) is 0. The van der Waals surface area contributed by atoms with Gasteiger partial charge in [0, 0.05) is 13.2 Å². The Morgan fingerprint density at radius 2 is 1.94 bits per heavy atom. The van der Waals surface area contributed by atoms with Gasteiger partial charge in [0.05, 0.1) is 32.9 Å². The lowest BCUT2D eigenvalue weighted by atomic mass is 10.2. The molecule has 1 saturated heterocycles. The van der Waals surface area contributed by atoms with Gasteiger partial charge < -0.3 is 15.8 Å². The maximum atomic E-state index is 13.2. The molecule has 0 saturated carbocycles. The fourth-order valence-corrected chi connectivity index (χ4v) is 4.16. The number of nitrogens with two attached hydrogens (primary N) is 1. The number of hydrogen-bond acceptors (Lipinski definition) is 5. The molecule has 3 heterocycles. The maximum absolute atomic E-state index is 13.2. The number of nitrogen functional groups attached to an aromatic ring is 1. The Balaban J connectivity index is 1.68. The summed E-state index contributed by atoms with van der Waals surface area (Å²) in [5.74, 6) is -0.0880. The predicted molar refractivity (Wildman–Crippen MR) is 122 cm³/mol. The van der Waals surface area contributed by atoms with E-state index in [2.05, 4.69) is 5.32 Å². The number of ether oxygens (including phenoxy) is 1. The normalized spacial score (nSPS) is 16.3. The number of rotatable bonds is 4. The molecule has 0 unspecified atom stereocenters. The van der Waals surface area contributed by atoms with Crippen LogP contribution in [0.5, 0.6) is 0 Å². The number of carbonyl (C=O) groups is 1. The molecule has 0 bridgehead atoms. The van der Waals surface area contributed by atoms with Gasteiger partial charge in [0.1, 0.15) is 16.9 Å². The van der Waals surface area contributed by atoms with Crippen molar-refractivity contribution < 1.29 is 9.53 Å². The zero-order valence-electron chi connectivity index (χ0n) is 16.4. The number of anilines is 1. The first-order valence-electron chi connectivity index (χ1n) is 9.95. The van der Waals surface area contributed by atoms with Crippen molar-refractivity contribution in [2.45, 2.75) is 18.9 Å². The quantitative estimate of drug-likeness (QED) is 0.476. The molecule has 1 atom stereocenters. The molecule has 1 fully saturated rings. The van der Waals surface area contributed by atoms with Crippen molar-refractivity contribution in [2.24, 2.45) is 0 Å². The van der Waals surface area contributed by atoms with Gasteiger partial charge in [-0.1, -0.05) is 35.3 Å². The summed E-state index contributed by atoms with van der Waals surface area (Å²) in [6, 6.07) is 12.6. The second-order valence-electron chi connectivity index (χ2n) is 7.42. The van der Waals surface area contributed by atoms with Crippen LogP contribution in [-0.2, 0) is 4.74 Å².